The highest BCUT2D eigenvalue weighted by Crippen LogP contribution is 2.25. The van der Waals surface area contributed by atoms with E-state index in [1.807, 2.05) is 19.9 Å². The van der Waals surface area contributed by atoms with Crippen LogP contribution in [0.4, 0.5) is 0 Å². The number of sulfonamides is 1. The van der Waals surface area contributed by atoms with Gasteiger partial charge in [-0.2, -0.15) is 0 Å². The maximum Gasteiger partial charge on any atom is 0.268 e. The molecule has 1 amide bonds. The van der Waals surface area contributed by atoms with Gasteiger partial charge in [-0.15, -0.1) is 0 Å². The lowest BCUT2D eigenvalue weighted by molar-refractivity contribution is -0.110. The maximum absolute atomic E-state index is 13.6. The third kappa shape index (κ3) is 5.22. The average molecular weight is 489 g/mol. The number of hydrogen-bond donors (Lipinski definition) is 0. The summed E-state index contributed by atoms with van der Waals surface area (Å²) in [6.45, 7) is 3.65. The summed E-state index contributed by atoms with van der Waals surface area (Å²) in [6.07, 6.45) is 2.06. The summed E-state index contributed by atoms with van der Waals surface area (Å²) < 4.78 is 33.1. The lowest BCUT2D eigenvalue weighted by Gasteiger charge is -2.28. The Morgan fingerprint density at radius 3 is 2.20 bits per heavy atom. The number of rotatable bonds is 8. The molecule has 0 aliphatic rings. The average Bonchev–Trinajstić information content (AvgIpc) is 3.39. The van der Waals surface area contributed by atoms with Crippen LogP contribution < -0.4 is 0 Å². The van der Waals surface area contributed by atoms with Crippen molar-refractivity contribution in [3.8, 4) is 11.3 Å². The van der Waals surface area contributed by atoms with Gasteiger partial charge >= 0.3 is 0 Å². The fourth-order valence-electron chi connectivity index (χ4n) is 3.97. The Hall–Kier alpha value is -4.04. The highest BCUT2D eigenvalue weighted by molar-refractivity contribution is 7.89. The Morgan fingerprint density at radius 2 is 1.63 bits per heavy atom. The van der Waals surface area contributed by atoms with E-state index in [4.69, 9.17) is 4.52 Å². The molecule has 0 unspecified atom stereocenters. The van der Waals surface area contributed by atoms with Crippen molar-refractivity contribution in [1.82, 2.24) is 9.46 Å². The van der Waals surface area contributed by atoms with Crippen LogP contribution in [0, 0.1) is 13.8 Å². The monoisotopic (exact) mass is 488 g/mol. The standard InChI is InChI=1S/C27H24N2O5S/c1-19-14-20(2)16-23(15-19)27(31)29(35(32,33)25-6-4-3-5-7-25)24(18-30)17-21-8-10-22(11-9-21)26-12-13-28-34-26/h3-16,18,24H,17H2,1-2H3/t24-/m0/s1. The van der Waals surface area contributed by atoms with E-state index in [2.05, 4.69) is 5.16 Å². The van der Waals surface area contributed by atoms with Gasteiger partial charge in [-0.1, -0.05) is 64.8 Å². The van der Waals surface area contributed by atoms with Crippen LogP contribution in [0.25, 0.3) is 11.3 Å². The molecule has 0 N–H and O–H groups in total. The molecule has 1 atom stereocenters. The van der Waals surface area contributed by atoms with E-state index in [0.29, 0.717) is 21.9 Å². The van der Waals surface area contributed by atoms with Crippen LogP contribution in [0.15, 0.2) is 94.5 Å². The van der Waals surface area contributed by atoms with Gasteiger partial charge in [-0.05, 0) is 43.7 Å². The Morgan fingerprint density at radius 1 is 0.971 bits per heavy atom. The summed E-state index contributed by atoms with van der Waals surface area (Å²) >= 11 is 0. The van der Waals surface area contributed by atoms with Gasteiger partial charge in [0.25, 0.3) is 15.9 Å². The second kappa shape index (κ2) is 10.1. The Kier molecular flexibility index (Phi) is 6.93. The van der Waals surface area contributed by atoms with E-state index in [1.165, 1.54) is 18.3 Å². The maximum atomic E-state index is 13.6. The van der Waals surface area contributed by atoms with Crippen molar-refractivity contribution < 1.29 is 22.5 Å². The predicted octanol–water partition coefficient (Wildman–Crippen LogP) is 4.60. The molecule has 4 rings (SSSR count). The first kappa shape index (κ1) is 24.1. The molecule has 0 fully saturated rings. The zero-order valence-corrected chi connectivity index (χ0v) is 20.1. The fourth-order valence-corrected chi connectivity index (χ4v) is 5.50. The van der Waals surface area contributed by atoms with Gasteiger partial charge < -0.3 is 9.32 Å². The number of aryl methyl sites for hydroxylation is 2. The van der Waals surface area contributed by atoms with Crippen LogP contribution in [-0.4, -0.2) is 36.1 Å². The fraction of sp³-hybridized carbons (Fsp3) is 0.148. The highest BCUT2D eigenvalue weighted by Gasteiger charge is 2.36. The molecule has 8 heteroatoms. The molecule has 1 aromatic heterocycles. The first-order valence-corrected chi connectivity index (χ1v) is 12.4. The van der Waals surface area contributed by atoms with Crippen molar-refractivity contribution in [3.05, 3.63) is 107 Å². The smallest absolute Gasteiger partial charge is 0.268 e. The number of aldehydes is 1. The van der Waals surface area contributed by atoms with Crippen molar-refractivity contribution in [1.29, 1.82) is 0 Å². The van der Waals surface area contributed by atoms with E-state index in [9.17, 15) is 18.0 Å². The van der Waals surface area contributed by atoms with E-state index in [1.54, 1.807) is 60.7 Å². The molecule has 0 spiro atoms. The van der Waals surface area contributed by atoms with Crippen LogP contribution in [0.2, 0.25) is 0 Å². The summed E-state index contributed by atoms with van der Waals surface area (Å²) in [5.74, 6) is -0.169. The molecule has 7 nitrogen and oxygen atoms in total. The van der Waals surface area contributed by atoms with Crippen LogP contribution in [-0.2, 0) is 21.2 Å². The molecule has 0 radical (unpaired) electrons. The normalized spacial score (nSPS) is 12.2. The first-order valence-electron chi connectivity index (χ1n) is 11.0. The van der Waals surface area contributed by atoms with Gasteiger partial charge in [0.15, 0.2) is 5.76 Å². The largest absolute Gasteiger partial charge is 0.356 e. The van der Waals surface area contributed by atoms with Crippen molar-refractivity contribution in [2.75, 3.05) is 0 Å². The molecular weight excluding hydrogens is 464 g/mol. The SMILES string of the molecule is Cc1cc(C)cc(C(=O)N([C@H](C=O)Cc2ccc(-c3ccno3)cc2)S(=O)(=O)c2ccccc2)c1. The molecular formula is C27H24N2O5S. The molecule has 0 aliphatic carbocycles. The van der Waals surface area contributed by atoms with Gasteiger partial charge in [-0.3, -0.25) is 4.79 Å². The number of aromatic nitrogens is 1. The number of carbonyl (C=O) groups excluding carboxylic acids is 2. The second-order valence-electron chi connectivity index (χ2n) is 8.28. The van der Waals surface area contributed by atoms with Crippen molar-refractivity contribution in [2.24, 2.45) is 0 Å². The molecule has 0 saturated heterocycles. The van der Waals surface area contributed by atoms with Crippen LogP contribution in [0.3, 0.4) is 0 Å². The van der Waals surface area contributed by atoms with Crippen molar-refractivity contribution >= 4 is 22.2 Å². The minimum atomic E-state index is -4.32. The summed E-state index contributed by atoms with van der Waals surface area (Å²) in [5.41, 5.74) is 3.31. The van der Waals surface area contributed by atoms with E-state index in [0.717, 1.165) is 16.7 Å². The number of nitrogens with zero attached hydrogens (tertiary/aromatic N) is 2. The summed E-state index contributed by atoms with van der Waals surface area (Å²) in [7, 11) is -4.32. The third-order valence-corrected chi connectivity index (χ3v) is 7.37. The van der Waals surface area contributed by atoms with Gasteiger partial charge in [-0.25, -0.2) is 12.7 Å². The zero-order valence-electron chi connectivity index (χ0n) is 19.3. The summed E-state index contributed by atoms with van der Waals surface area (Å²) in [4.78, 5) is 25.8. The van der Waals surface area contributed by atoms with E-state index >= 15 is 0 Å². The molecule has 0 saturated carbocycles. The molecule has 3 aromatic carbocycles. The van der Waals surface area contributed by atoms with Crippen LogP contribution in [0.1, 0.15) is 27.0 Å². The number of hydrogen-bond acceptors (Lipinski definition) is 6. The Balaban J connectivity index is 1.74. The lowest BCUT2D eigenvalue weighted by atomic mass is 10.0. The van der Waals surface area contributed by atoms with Crippen molar-refractivity contribution in [2.45, 2.75) is 31.2 Å². The van der Waals surface area contributed by atoms with Crippen molar-refractivity contribution in [3.63, 3.8) is 0 Å². The molecule has 0 bridgehead atoms. The molecule has 1 heterocycles. The molecule has 178 valence electrons. The molecule has 0 aliphatic heterocycles. The lowest BCUT2D eigenvalue weighted by Crippen LogP contribution is -2.46. The number of amides is 1. The predicted molar refractivity (Wildman–Crippen MR) is 131 cm³/mol. The van der Waals surface area contributed by atoms with Crippen LogP contribution >= 0.6 is 0 Å². The minimum Gasteiger partial charge on any atom is -0.356 e. The topological polar surface area (TPSA) is 97.6 Å². The summed E-state index contributed by atoms with van der Waals surface area (Å²) in [6, 6.07) is 20.4. The quantitative estimate of drug-likeness (QED) is 0.336. The Bertz CT molecular complexity index is 1410. The van der Waals surface area contributed by atoms with Crippen LogP contribution in [0.5, 0.6) is 0 Å². The van der Waals surface area contributed by atoms with Gasteiger partial charge in [0.1, 0.15) is 12.3 Å². The second-order valence-corrected chi connectivity index (χ2v) is 10.1. The first-order chi connectivity index (χ1) is 16.8. The van der Waals surface area contributed by atoms with E-state index in [-0.39, 0.29) is 16.9 Å². The van der Waals surface area contributed by atoms with Gasteiger partial charge in [0, 0.05) is 23.6 Å². The Labute approximate surface area is 204 Å². The molecule has 35 heavy (non-hydrogen) atoms. The van der Waals surface area contributed by atoms with Gasteiger partial charge in [0.05, 0.1) is 11.1 Å². The van der Waals surface area contributed by atoms with Gasteiger partial charge in [0.2, 0.25) is 0 Å². The number of carbonyl (C=O) groups is 2. The third-order valence-electron chi connectivity index (χ3n) is 5.55. The summed E-state index contributed by atoms with van der Waals surface area (Å²) in [5, 5.41) is 3.69. The molecule has 4 aromatic rings. The number of benzene rings is 3. The highest BCUT2D eigenvalue weighted by atomic mass is 32.2. The zero-order chi connectivity index (χ0) is 25.0. The minimum absolute atomic E-state index is 0.0167. The van der Waals surface area contributed by atoms with E-state index < -0.39 is 22.0 Å².